The van der Waals surface area contributed by atoms with Gasteiger partial charge in [-0.25, -0.2) is 0 Å². The van der Waals surface area contributed by atoms with E-state index in [0.29, 0.717) is 0 Å². The maximum absolute atomic E-state index is 2.41. The monoisotopic (exact) mass is 755 g/mol. The molecule has 0 aliphatic rings. The van der Waals surface area contributed by atoms with Gasteiger partial charge in [0.25, 0.3) is 0 Å². The fourth-order valence-electron chi connectivity index (χ4n) is 8.74. The normalized spacial score (nSPS) is 11.4. The smallest absolute Gasteiger partial charge is 0.0476 e. The molecular weight excluding hydrogens is 719 g/mol. The molecule has 2 heteroatoms. The lowest BCUT2D eigenvalue weighted by Gasteiger charge is -2.27. The van der Waals surface area contributed by atoms with Crippen LogP contribution in [0, 0.1) is 0 Å². The van der Waals surface area contributed by atoms with Gasteiger partial charge in [-0.3, -0.25) is 0 Å². The largest absolute Gasteiger partial charge is 0.310 e. The number of nitrogens with zero attached hydrogens (tertiary/aromatic N) is 1. The molecule has 0 fully saturated rings. The molecule has 11 aromatic rings. The molecule has 0 N–H and O–H groups in total. The zero-order valence-electron chi connectivity index (χ0n) is 31.7. The first-order valence-corrected chi connectivity index (χ1v) is 20.7. The summed E-state index contributed by atoms with van der Waals surface area (Å²) in [6, 6.07) is 82.0. The van der Waals surface area contributed by atoms with E-state index in [0.717, 1.165) is 17.1 Å². The molecule has 0 aliphatic heterocycles. The summed E-state index contributed by atoms with van der Waals surface area (Å²) in [5.74, 6) is 0. The summed E-state index contributed by atoms with van der Waals surface area (Å²) in [6.45, 7) is 0. The number of fused-ring (bicyclic) bond motifs is 6. The van der Waals surface area contributed by atoms with Crippen molar-refractivity contribution in [1.29, 1.82) is 0 Å². The third-order valence-electron chi connectivity index (χ3n) is 11.5. The van der Waals surface area contributed by atoms with Gasteiger partial charge in [0.1, 0.15) is 0 Å². The number of anilines is 3. The maximum atomic E-state index is 2.41. The minimum Gasteiger partial charge on any atom is -0.310 e. The standard InChI is InChI=1S/C56H37NS/c1-3-15-38(16-4-1)47-33-31-43(36-53(47)39-17-5-2-6-18-39)57(44-32-34-52-51-25-13-14-26-55(51)58-56(52)37-44)42-29-27-40(28-30-42)45-20-9-10-23-49(45)54-35-41-19-7-8-21-46(41)48-22-11-12-24-50(48)54/h1-37H. The van der Waals surface area contributed by atoms with Crippen LogP contribution >= 0.6 is 11.3 Å². The Morgan fingerprint density at radius 2 is 0.776 bits per heavy atom. The van der Waals surface area contributed by atoms with Gasteiger partial charge in [0.2, 0.25) is 0 Å². The molecule has 0 saturated heterocycles. The Balaban J connectivity index is 1.07. The van der Waals surface area contributed by atoms with Crippen LogP contribution < -0.4 is 4.90 Å². The van der Waals surface area contributed by atoms with Crippen molar-refractivity contribution in [2.75, 3.05) is 4.90 Å². The molecule has 0 unspecified atom stereocenters. The maximum Gasteiger partial charge on any atom is 0.0476 e. The van der Waals surface area contributed by atoms with E-state index in [2.05, 4.69) is 229 Å². The van der Waals surface area contributed by atoms with Gasteiger partial charge >= 0.3 is 0 Å². The second kappa shape index (κ2) is 14.4. The van der Waals surface area contributed by atoms with E-state index >= 15 is 0 Å². The van der Waals surface area contributed by atoms with Crippen LogP contribution in [0.5, 0.6) is 0 Å². The van der Waals surface area contributed by atoms with Crippen molar-refractivity contribution < 1.29 is 0 Å². The summed E-state index contributed by atoms with van der Waals surface area (Å²) < 4.78 is 2.59. The van der Waals surface area contributed by atoms with Crippen molar-refractivity contribution in [2.45, 2.75) is 0 Å². The number of rotatable bonds is 7. The Hall–Kier alpha value is -7.26. The van der Waals surface area contributed by atoms with Crippen LogP contribution in [0.1, 0.15) is 0 Å². The van der Waals surface area contributed by atoms with E-state index < -0.39 is 0 Å². The van der Waals surface area contributed by atoms with Gasteiger partial charge in [0.15, 0.2) is 0 Å². The molecule has 58 heavy (non-hydrogen) atoms. The molecule has 1 aromatic heterocycles. The van der Waals surface area contributed by atoms with E-state index in [1.54, 1.807) is 0 Å². The number of thiophene rings is 1. The first-order valence-electron chi connectivity index (χ1n) is 19.8. The summed E-state index contributed by atoms with van der Waals surface area (Å²) in [4.78, 5) is 2.41. The average molecular weight is 756 g/mol. The summed E-state index contributed by atoms with van der Waals surface area (Å²) in [5, 5.41) is 7.68. The zero-order valence-corrected chi connectivity index (χ0v) is 32.5. The predicted molar refractivity (Wildman–Crippen MR) is 251 cm³/mol. The first kappa shape index (κ1) is 34.0. The minimum absolute atomic E-state index is 1.10. The van der Waals surface area contributed by atoms with Gasteiger partial charge < -0.3 is 4.90 Å². The lowest BCUT2D eigenvalue weighted by atomic mass is 9.89. The molecule has 10 aromatic carbocycles. The Labute approximate surface area is 342 Å². The topological polar surface area (TPSA) is 3.24 Å². The Bertz CT molecular complexity index is 3270. The van der Waals surface area contributed by atoms with Crippen LogP contribution in [0.15, 0.2) is 224 Å². The van der Waals surface area contributed by atoms with Gasteiger partial charge in [0, 0.05) is 37.2 Å². The van der Waals surface area contributed by atoms with E-state index in [9.17, 15) is 0 Å². The van der Waals surface area contributed by atoms with Gasteiger partial charge in [-0.05, 0) is 115 Å². The van der Waals surface area contributed by atoms with Crippen molar-refractivity contribution in [1.82, 2.24) is 0 Å². The lowest BCUT2D eigenvalue weighted by molar-refractivity contribution is 1.29. The Morgan fingerprint density at radius 3 is 1.55 bits per heavy atom. The van der Waals surface area contributed by atoms with Crippen molar-refractivity contribution in [3.05, 3.63) is 224 Å². The molecule has 0 amide bonds. The van der Waals surface area contributed by atoms with Gasteiger partial charge in [-0.2, -0.15) is 0 Å². The van der Waals surface area contributed by atoms with Crippen molar-refractivity contribution >= 4 is 70.1 Å². The zero-order chi connectivity index (χ0) is 38.4. The molecule has 0 radical (unpaired) electrons. The molecule has 0 spiro atoms. The van der Waals surface area contributed by atoms with Crippen molar-refractivity contribution in [3.63, 3.8) is 0 Å². The Morgan fingerprint density at radius 1 is 0.259 bits per heavy atom. The molecule has 0 saturated carbocycles. The third kappa shape index (κ3) is 5.94. The molecule has 272 valence electrons. The van der Waals surface area contributed by atoms with E-state index in [1.807, 2.05) is 11.3 Å². The van der Waals surface area contributed by atoms with Crippen LogP contribution in [0.2, 0.25) is 0 Å². The highest BCUT2D eigenvalue weighted by Crippen LogP contribution is 2.45. The molecule has 0 atom stereocenters. The van der Waals surface area contributed by atoms with Crippen LogP contribution in [0.3, 0.4) is 0 Å². The third-order valence-corrected chi connectivity index (χ3v) is 12.6. The second-order valence-electron chi connectivity index (χ2n) is 14.9. The summed E-state index contributed by atoms with van der Waals surface area (Å²) in [5.41, 5.74) is 13.0. The summed E-state index contributed by atoms with van der Waals surface area (Å²) in [6.07, 6.45) is 0. The van der Waals surface area contributed by atoms with Crippen molar-refractivity contribution in [2.24, 2.45) is 0 Å². The molecular formula is C56H37NS. The lowest BCUT2D eigenvalue weighted by Crippen LogP contribution is -2.10. The predicted octanol–water partition coefficient (Wildman–Crippen LogP) is 16.5. The fraction of sp³-hybridized carbons (Fsp3) is 0. The first-order chi connectivity index (χ1) is 28.8. The van der Waals surface area contributed by atoms with Gasteiger partial charge in [-0.1, -0.05) is 176 Å². The molecule has 1 heterocycles. The quantitative estimate of drug-likeness (QED) is 0.146. The number of hydrogen-bond acceptors (Lipinski definition) is 2. The number of hydrogen-bond donors (Lipinski definition) is 0. The highest BCUT2D eigenvalue weighted by molar-refractivity contribution is 7.25. The molecule has 11 rings (SSSR count). The fourth-order valence-corrected chi connectivity index (χ4v) is 9.87. The highest BCUT2D eigenvalue weighted by atomic mass is 32.1. The summed E-state index contributed by atoms with van der Waals surface area (Å²) >= 11 is 1.86. The SMILES string of the molecule is c1ccc(-c2ccc(N(c3ccc(-c4ccccc4-c4cc5ccccc5c5ccccc45)cc3)c3ccc4c(c3)sc3ccccc34)cc2-c2ccccc2)cc1. The van der Waals surface area contributed by atoms with Crippen LogP contribution in [-0.2, 0) is 0 Å². The van der Waals surface area contributed by atoms with Crippen LogP contribution in [-0.4, -0.2) is 0 Å². The minimum atomic E-state index is 1.10. The summed E-state index contributed by atoms with van der Waals surface area (Å²) in [7, 11) is 0. The van der Waals surface area contributed by atoms with Crippen LogP contribution in [0.4, 0.5) is 17.1 Å². The van der Waals surface area contributed by atoms with E-state index in [1.165, 1.54) is 86.2 Å². The van der Waals surface area contributed by atoms with Crippen molar-refractivity contribution in [3.8, 4) is 44.5 Å². The molecule has 0 bridgehead atoms. The second-order valence-corrected chi connectivity index (χ2v) is 15.9. The van der Waals surface area contributed by atoms with E-state index in [4.69, 9.17) is 0 Å². The molecule has 0 aliphatic carbocycles. The Kier molecular flexibility index (Phi) is 8.42. The van der Waals surface area contributed by atoms with E-state index in [-0.39, 0.29) is 0 Å². The highest BCUT2D eigenvalue weighted by Gasteiger charge is 2.19. The van der Waals surface area contributed by atoms with Gasteiger partial charge in [-0.15, -0.1) is 11.3 Å². The number of benzene rings is 10. The van der Waals surface area contributed by atoms with Crippen LogP contribution in [0.25, 0.3) is 86.2 Å². The van der Waals surface area contributed by atoms with Gasteiger partial charge in [0.05, 0.1) is 0 Å². The molecule has 1 nitrogen and oxygen atoms in total. The average Bonchev–Trinajstić information content (AvgIpc) is 3.68.